The molecule has 0 saturated carbocycles. The Kier molecular flexibility index (Phi) is 6.67. The molecule has 0 spiro atoms. The van der Waals surface area contributed by atoms with Crippen LogP contribution in [-0.4, -0.2) is 47.6 Å². The average Bonchev–Trinajstić information content (AvgIpc) is 2.45. The van der Waals surface area contributed by atoms with E-state index in [-0.39, 0.29) is 18.8 Å². The van der Waals surface area contributed by atoms with Gasteiger partial charge in [-0.25, -0.2) is 0 Å². The Bertz CT molecular complexity index is 481. The number of carboxylic acid groups (broad SMARTS) is 1. The summed E-state index contributed by atoms with van der Waals surface area (Å²) in [5, 5.41) is 11.7. The lowest BCUT2D eigenvalue weighted by Crippen LogP contribution is -2.61. The van der Waals surface area contributed by atoms with Crippen LogP contribution < -0.4 is 5.32 Å². The molecule has 0 saturated heterocycles. The summed E-state index contributed by atoms with van der Waals surface area (Å²) in [5.74, 6) is -2.94. The van der Waals surface area contributed by atoms with Crippen LogP contribution in [0.2, 0.25) is 0 Å². The Labute approximate surface area is 129 Å². The predicted molar refractivity (Wildman–Crippen MR) is 81.9 cm³/mol. The molecule has 0 aliphatic rings. The average molecular weight is 312 g/mol. The van der Waals surface area contributed by atoms with E-state index >= 15 is 0 Å². The van der Waals surface area contributed by atoms with Gasteiger partial charge in [0.25, 0.3) is 0 Å². The summed E-state index contributed by atoms with van der Waals surface area (Å²) in [7, 11) is 3.29. The molecular weight excluding hydrogens is 292 g/mol. The van der Waals surface area contributed by atoms with Gasteiger partial charge < -0.3 is 15.2 Å². The van der Waals surface area contributed by atoms with Gasteiger partial charge >= 0.3 is 5.97 Å². The molecule has 2 N–H and O–H groups in total. The van der Waals surface area contributed by atoms with Crippen LogP contribution in [-0.2, 0) is 20.9 Å². The molecule has 1 unspecified atom stereocenters. The van der Waals surface area contributed by atoms with Gasteiger partial charge in [-0.1, -0.05) is 30.3 Å². The van der Waals surface area contributed by atoms with E-state index in [9.17, 15) is 9.59 Å². The number of rotatable bonds is 8. The van der Waals surface area contributed by atoms with Gasteiger partial charge in [0.05, 0.1) is 12.4 Å². The van der Waals surface area contributed by atoms with E-state index in [2.05, 4.69) is 17.9 Å². The van der Waals surface area contributed by atoms with Gasteiger partial charge in [0, 0.05) is 0 Å². The standard InChI is InChI=1S/C14H20N2O4S/c1-16(2)14(8-13(18)19,15-12(17)10-21)20-9-11-6-4-3-5-7-11/h3-7,21H,8-10H2,1-2H3,(H,15,17)(H,18,19). The summed E-state index contributed by atoms with van der Waals surface area (Å²) >= 11 is 3.89. The molecule has 6 nitrogen and oxygen atoms in total. The first-order valence-electron chi connectivity index (χ1n) is 6.38. The van der Waals surface area contributed by atoms with E-state index in [1.807, 2.05) is 30.3 Å². The number of thiol groups is 1. The van der Waals surface area contributed by atoms with Gasteiger partial charge in [0.15, 0.2) is 0 Å². The topological polar surface area (TPSA) is 78.9 Å². The van der Waals surface area contributed by atoms with Crippen LogP contribution in [0, 0.1) is 0 Å². The maximum absolute atomic E-state index is 11.6. The van der Waals surface area contributed by atoms with Crippen LogP contribution in [0.4, 0.5) is 0 Å². The maximum atomic E-state index is 11.6. The quantitative estimate of drug-likeness (QED) is 0.492. The van der Waals surface area contributed by atoms with Crippen LogP contribution in [0.25, 0.3) is 0 Å². The Balaban J connectivity index is 2.92. The van der Waals surface area contributed by atoms with Gasteiger partial charge in [0.1, 0.15) is 6.42 Å². The number of aliphatic carboxylic acids is 1. The molecule has 0 fully saturated rings. The number of benzene rings is 1. The second-order valence-electron chi connectivity index (χ2n) is 4.73. The zero-order chi connectivity index (χ0) is 15.9. The van der Waals surface area contributed by atoms with Crippen molar-refractivity contribution in [3.05, 3.63) is 35.9 Å². The van der Waals surface area contributed by atoms with Crippen LogP contribution in [0.15, 0.2) is 30.3 Å². The van der Waals surface area contributed by atoms with Crippen molar-refractivity contribution >= 4 is 24.5 Å². The number of carbonyl (C=O) groups excluding carboxylic acids is 1. The summed E-state index contributed by atoms with van der Waals surface area (Å²) < 4.78 is 5.74. The highest BCUT2D eigenvalue weighted by Gasteiger charge is 2.38. The third-order valence-electron chi connectivity index (χ3n) is 2.91. The Morgan fingerprint density at radius 1 is 1.33 bits per heavy atom. The molecule has 7 heteroatoms. The van der Waals surface area contributed by atoms with Crippen LogP contribution in [0.3, 0.4) is 0 Å². The zero-order valence-corrected chi connectivity index (χ0v) is 13.0. The lowest BCUT2D eigenvalue weighted by atomic mass is 10.2. The number of hydrogen-bond donors (Lipinski definition) is 3. The molecule has 0 heterocycles. The van der Waals surface area contributed by atoms with E-state index in [1.54, 1.807) is 14.1 Å². The van der Waals surface area contributed by atoms with Gasteiger partial charge in [-0.3, -0.25) is 14.5 Å². The molecule has 21 heavy (non-hydrogen) atoms. The van der Waals surface area contributed by atoms with E-state index in [0.29, 0.717) is 0 Å². The fourth-order valence-electron chi connectivity index (χ4n) is 1.77. The van der Waals surface area contributed by atoms with Gasteiger partial charge in [-0.15, -0.1) is 0 Å². The maximum Gasteiger partial charge on any atom is 0.309 e. The van der Waals surface area contributed by atoms with Crippen LogP contribution in [0.5, 0.6) is 0 Å². The monoisotopic (exact) mass is 312 g/mol. The fourth-order valence-corrected chi connectivity index (χ4v) is 1.85. The molecule has 1 amide bonds. The van der Waals surface area contributed by atoms with Crippen molar-refractivity contribution < 1.29 is 19.4 Å². The molecule has 0 radical (unpaired) electrons. The van der Waals surface area contributed by atoms with E-state index in [1.165, 1.54) is 4.90 Å². The molecule has 1 aromatic carbocycles. The third kappa shape index (κ3) is 5.37. The molecule has 0 aliphatic carbocycles. The summed E-state index contributed by atoms with van der Waals surface area (Å²) in [6.07, 6.45) is -0.383. The molecule has 116 valence electrons. The minimum Gasteiger partial charge on any atom is -0.481 e. The molecule has 1 atom stereocenters. The number of hydrogen-bond acceptors (Lipinski definition) is 5. The number of nitrogens with one attached hydrogen (secondary N) is 1. The number of nitrogens with zero attached hydrogens (tertiary/aromatic N) is 1. The van der Waals surface area contributed by atoms with Crippen molar-refractivity contribution in [3.63, 3.8) is 0 Å². The van der Waals surface area contributed by atoms with Gasteiger partial charge in [-0.2, -0.15) is 12.6 Å². The highest BCUT2D eigenvalue weighted by molar-refractivity contribution is 7.81. The van der Waals surface area contributed by atoms with Crippen molar-refractivity contribution in [2.75, 3.05) is 19.8 Å². The highest BCUT2D eigenvalue weighted by atomic mass is 32.1. The first-order valence-corrected chi connectivity index (χ1v) is 7.02. The lowest BCUT2D eigenvalue weighted by molar-refractivity contribution is -0.188. The Hall–Kier alpha value is -1.57. The van der Waals surface area contributed by atoms with Gasteiger partial charge in [-0.05, 0) is 19.7 Å². The summed E-state index contributed by atoms with van der Waals surface area (Å²) in [6, 6.07) is 9.32. The van der Waals surface area contributed by atoms with Crippen molar-refractivity contribution in [1.29, 1.82) is 0 Å². The molecular formula is C14H20N2O4S. The van der Waals surface area contributed by atoms with Crippen LogP contribution >= 0.6 is 12.6 Å². The number of carboxylic acids is 1. The van der Waals surface area contributed by atoms with Crippen molar-refractivity contribution in [2.24, 2.45) is 0 Å². The second kappa shape index (κ2) is 8.02. The summed E-state index contributed by atoms with van der Waals surface area (Å²) in [5.41, 5.74) is 0.884. The fraction of sp³-hybridized carbons (Fsp3) is 0.429. The largest absolute Gasteiger partial charge is 0.481 e. The third-order valence-corrected chi connectivity index (χ3v) is 3.20. The lowest BCUT2D eigenvalue weighted by Gasteiger charge is -2.38. The number of carbonyl (C=O) groups is 2. The molecule has 0 aromatic heterocycles. The van der Waals surface area contributed by atoms with Crippen LogP contribution in [0.1, 0.15) is 12.0 Å². The van der Waals surface area contributed by atoms with E-state index in [4.69, 9.17) is 9.84 Å². The predicted octanol–water partition coefficient (Wildman–Crippen LogP) is 0.939. The minimum absolute atomic E-state index is 0.0517. The summed E-state index contributed by atoms with van der Waals surface area (Å²) in [4.78, 5) is 24.3. The number of amides is 1. The molecule has 0 bridgehead atoms. The Morgan fingerprint density at radius 2 is 1.95 bits per heavy atom. The molecule has 0 aliphatic heterocycles. The Morgan fingerprint density at radius 3 is 2.43 bits per heavy atom. The van der Waals surface area contributed by atoms with Crippen molar-refractivity contribution in [1.82, 2.24) is 10.2 Å². The van der Waals surface area contributed by atoms with Gasteiger partial charge in [0.2, 0.25) is 11.8 Å². The normalized spacial score (nSPS) is 13.7. The molecule has 1 aromatic rings. The second-order valence-corrected chi connectivity index (χ2v) is 5.05. The first-order chi connectivity index (χ1) is 9.89. The summed E-state index contributed by atoms with van der Waals surface area (Å²) in [6.45, 7) is 0.180. The van der Waals surface area contributed by atoms with E-state index < -0.39 is 17.7 Å². The minimum atomic E-state index is -1.42. The molecule has 1 rings (SSSR count). The first kappa shape index (κ1) is 17.5. The highest BCUT2D eigenvalue weighted by Crippen LogP contribution is 2.18. The van der Waals surface area contributed by atoms with Crippen molar-refractivity contribution in [3.8, 4) is 0 Å². The SMILES string of the molecule is CN(C)C(CC(=O)O)(NC(=O)CS)OCc1ccccc1. The van der Waals surface area contributed by atoms with Crippen molar-refractivity contribution in [2.45, 2.75) is 18.9 Å². The smallest absolute Gasteiger partial charge is 0.309 e. The zero-order valence-electron chi connectivity index (χ0n) is 12.1. The number of ether oxygens (including phenoxy) is 1. The van der Waals surface area contributed by atoms with E-state index in [0.717, 1.165) is 5.56 Å².